The number of carbonyl (C=O) groups is 3. The fourth-order valence-electron chi connectivity index (χ4n) is 4.72. The zero-order chi connectivity index (χ0) is 22.8. The van der Waals surface area contributed by atoms with E-state index in [0.717, 1.165) is 23.2 Å². The van der Waals surface area contributed by atoms with E-state index in [1.807, 2.05) is 62.4 Å². The number of nitrogens with zero attached hydrogens (tertiary/aromatic N) is 2. The molecule has 6 nitrogen and oxygen atoms in total. The number of carbonyl (C=O) groups excluding carboxylic acids is 3. The van der Waals surface area contributed by atoms with Crippen LogP contribution in [0.1, 0.15) is 48.2 Å². The highest BCUT2D eigenvalue weighted by molar-refractivity contribution is 6.00. The molecular weight excluding hydrogens is 404 g/mol. The maximum Gasteiger partial charge on any atom is 0.309 e. The molecule has 0 radical (unpaired) electrons. The molecule has 0 spiro atoms. The Bertz CT molecular complexity index is 1030. The Labute approximate surface area is 189 Å². The average Bonchev–Trinajstić information content (AvgIpc) is 3.14. The first kappa shape index (κ1) is 22.1. The minimum absolute atomic E-state index is 0.000138. The van der Waals surface area contributed by atoms with Crippen LogP contribution in [0, 0.1) is 12.8 Å². The molecule has 168 valence electrons. The van der Waals surface area contributed by atoms with Crippen LogP contribution in [0.3, 0.4) is 0 Å². The van der Waals surface area contributed by atoms with Crippen molar-refractivity contribution in [2.24, 2.45) is 5.92 Å². The molecule has 2 amide bonds. The summed E-state index contributed by atoms with van der Waals surface area (Å²) in [6.07, 6.45) is 1.04. The molecule has 1 saturated heterocycles. The minimum Gasteiger partial charge on any atom is -0.452 e. The lowest BCUT2D eigenvalue weighted by Gasteiger charge is -2.32. The third-order valence-corrected chi connectivity index (χ3v) is 6.58. The number of rotatable bonds is 4. The quantitative estimate of drug-likeness (QED) is 0.688. The van der Waals surface area contributed by atoms with Crippen LogP contribution in [0.5, 0.6) is 0 Å². The lowest BCUT2D eigenvalue weighted by Crippen LogP contribution is -2.45. The molecule has 0 bridgehead atoms. The third kappa shape index (κ3) is 4.27. The van der Waals surface area contributed by atoms with Gasteiger partial charge >= 0.3 is 5.97 Å². The van der Waals surface area contributed by atoms with Crippen molar-refractivity contribution in [1.29, 1.82) is 0 Å². The first-order chi connectivity index (χ1) is 15.4. The molecule has 0 aliphatic carbocycles. The molecule has 1 fully saturated rings. The highest BCUT2D eigenvalue weighted by Crippen LogP contribution is 2.32. The summed E-state index contributed by atoms with van der Waals surface area (Å²) in [7, 11) is 0. The van der Waals surface area contributed by atoms with Gasteiger partial charge in [-0.15, -0.1) is 0 Å². The molecular formula is C26H30N2O4. The predicted molar refractivity (Wildman–Crippen MR) is 122 cm³/mol. The number of para-hydroxylation sites is 1. The van der Waals surface area contributed by atoms with E-state index in [2.05, 4.69) is 0 Å². The van der Waals surface area contributed by atoms with Gasteiger partial charge in [-0.2, -0.15) is 0 Å². The molecule has 32 heavy (non-hydrogen) atoms. The number of ether oxygens (including phenoxy) is 1. The van der Waals surface area contributed by atoms with Crippen LogP contribution >= 0.6 is 0 Å². The van der Waals surface area contributed by atoms with Gasteiger partial charge in [-0.25, -0.2) is 0 Å². The second-order valence-electron chi connectivity index (χ2n) is 8.85. The highest BCUT2D eigenvalue weighted by atomic mass is 16.5. The first-order valence-corrected chi connectivity index (χ1v) is 11.3. The molecule has 2 heterocycles. The normalized spacial score (nSPS) is 19.4. The fourth-order valence-corrected chi connectivity index (χ4v) is 4.72. The number of amides is 2. The van der Waals surface area contributed by atoms with Crippen molar-refractivity contribution in [2.75, 3.05) is 18.0 Å². The second kappa shape index (κ2) is 9.15. The Hall–Kier alpha value is -3.15. The van der Waals surface area contributed by atoms with Crippen molar-refractivity contribution >= 4 is 23.5 Å². The largest absolute Gasteiger partial charge is 0.452 e. The van der Waals surface area contributed by atoms with Crippen molar-refractivity contribution in [2.45, 2.75) is 52.2 Å². The number of hydrogen-bond acceptors (Lipinski definition) is 4. The summed E-state index contributed by atoms with van der Waals surface area (Å²) in [6, 6.07) is 15.4. The second-order valence-corrected chi connectivity index (χ2v) is 8.85. The van der Waals surface area contributed by atoms with Crippen molar-refractivity contribution in [3.05, 3.63) is 65.2 Å². The summed E-state index contributed by atoms with van der Waals surface area (Å²) in [5.74, 6) is -0.841. The number of likely N-dealkylation sites (tertiary alicyclic amines) is 1. The minimum atomic E-state index is -0.845. The van der Waals surface area contributed by atoms with E-state index in [1.54, 1.807) is 16.7 Å². The molecule has 0 saturated carbocycles. The average molecular weight is 435 g/mol. The zero-order valence-corrected chi connectivity index (χ0v) is 18.9. The molecule has 0 unspecified atom stereocenters. The molecule has 2 aromatic rings. The summed E-state index contributed by atoms with van der Waals surface area (Å²) in [4.78, 5) is 42.2. The molecule has 0 aromatic heterocycles. The first-order valence-electron chi connectivity index (χ1n) is 11.3. The van der Waals surface area contributed by atoms with E-state index >= 15 is 0 Å². The Kier molecular flexibility index (Phi) is 6.31. The zero-order valence-electron chi connectivity index (χ0n) is 18.9. The van der Waals surface area contributed by atoms with E-state index in [1.165, 1.54) is 0 Å². The summed E-state index contributed by atoms with van der Waals surface area (Å²) in [6.45, 7) is 6.59. The van der Waals surface area contributed by atoms with Gasteiger partial charge in [0.2, 0.25) is 0 Å². The van der Waals surface area contributed by atoms with Crippen molar-refractivity contribution in [3.8, 4) is 0 Å². The van der Waals surface area contributed by atoms with Gasteiger partial charge in [0.25, 0.3) is 11.8 Å². The molecule has 0 N–H and O–H groups in total. The summed E-state index contributed by atoms with van der Waals surface area (Å²) >= 11 is 0. The standard InChI is InChI=1S/C26H30N2O4/c1-17-8-4-6-10-22(17)25(30)27-14-12-20(13-15-27)26(31)32-19(3)24(29)28-18(2)16-21-9-5-7-11-23(21)28/h4-11,18-20H,12-16H2,1-3H3/t18-,19-/m0/s1. The van der Waals surface area contributed by atoms with Gasteiger partial charge < -0.3 is 14.5 Å². The van der Waals surface area contributed by atoms with Crippen LogP contribution in [0.15, 0.2) is 48.5 Å². The van der Waals surface area contributed by atoms with Crippen LogP contribution < -0.4 is 4.90 Å². The SMILES string of the molecule is Cc1ccccc1C(=O)N1CCC(C(=O)O[C@@H](C)C(=O)N2c3ccccc3C[C@@H]2C)CC1. The number of aryl methyl sites for hydroxylation is 1. The molecule has 2 aromatic carbocycles. The monoisotopic (exact) mass is 434 g/mol. The molecule has 2 aliphatic rings. The van der Waals surface area contributed by atoms with Gasteiger partial charge in [0.15, 0.2) is 6.10 Å². The molecule has 2 atom stereocenters. The third-order valence-electron chi connectivity index (χ3n) is 6.58. The Morgan fingerprint density at radius 1 is 1.00 bits per heavy atom. The van der Waals surface area contributed by atoms with Crippen LogP contribution in [-0.2, 0) is 20.7 Å². The Morgan fingerprint density at radius 2 is 1.66 bits per heavy atom. The number of piperidine rings is 1. The predicted octanol–water partition coefficient (Wildman–Crippen LogP) is 3.76. The summed E-state index contributed by atoms with van der Waals surface area (Å²) < 4.78 is 5.59. The fraction of sp³-hybridized carbons (Fsp3) is 0.423. The molecule has 2 aliphatic heterocycles. The lowest BCUT2D eigenvalue weighted by molar-refractivity contribution is -0.159. The highest BCUT2D eigenvalue weighted by Gasteiger charge is 2.36. The Morgan fingerprint density at radius 3 is 2.38 bits per heavy atom. The Balaban J connectivity index is 1.33. The van der Waals surface area contributed by atoms with E-state index < -0.39 is 6.10 Å². The van der Waals surface area contributed by atoms with E-state index in [0.29, 0.717) is 31.5 Å². The summed E-state index contributed by atoms with van der Waals surface area (Å²) in [5.41, 5.74) is 3.69. The van der Waals surface area contributed by atoms with Crippen LogP contribution in [0.2, 0.25) is 0 Å². The van der Waals surface area contributed by atoms with E-state index in [4.69, 9.17) is 4.74 Å². The maximum atomic E-state index is 13.1. The van der Waals surface area contributed by atoms with E-state index in [9.17, 15) is 14.4 Å². The number of hydrogen-bond donors (Lipinski definition) is 0. The topological polar surface area (TPSA) is 66.9 Å². The van der Waals surface area contributed by atoms with Gasteiger partial charge in [0.05, 0.1) is 5.92 Å². The summed E-state index contributed by atoms with van der Waals surface area (Å²) in [5, 5.41) is 0. The molecule has 6 heteroatoms. The maximum absolute atomic E-state index is 13.1. The van der Waals surface area contributed by atoms with Gasteiger partial charge in [0.1, 0.15) is 0 Å². The van der Waals surface area contributed by atoms with E-state index in [-0.39, 0.29) is 29.7 Å². The van der Waals surface area contributed by atoms with Crippen LogP contribution in [-0.4, -0.2) is 47.9 Å². The van der Waals surface area contributed by atoms with Gasteiger partial charge in [0, 0.05) is 30.4 Å². The van der Waals surface area contributed by atoms with Crippen molar-refractivity contribution in [1.82, 2.24) is 4.90 Å². The van der Waals surface area contributed by atoms with Gasteiger partial charge in [-0.3, -0.25) is 14.4 Å². The number of fused-ring (bicyclic) bond motifs is 1. The van der Waals surface area contributed by atoms with Gasteiger partial charge in [-0.1, -0.05) is 36.4 Å². The van der Waals surface area contributed by atoms with Gasteiger partial charge in [-0.05, 0) is 63.3 Å². The van der Waals surface area contributed by atoms with Crippen molar-refractivity contribution in [3.63, 3.8) is 0 Å². The molecule has 4 rings (SSSR count). The number of esters is 1. The number of benzene rings is 2. The lowest BCUT2D eigenvalue weighted by atomic mass is 9.96. The smallest absolute Gasteiger partial charge is 0.309 e. The number of anilines is 1. The van der Waals surface area contributed by atoms with Crippen LogP contribution in [0.25, 0.3) is 0 Å². The van der Waals surface area contributed by atoms with Crippen molar-refractivity contribution < 1.29 is 19.1 Å². The van der Waals surface area contributed by atoms with Crippen LogP contribution in [0.4, 0.5) is 5.69 Å².